The molecule has 0 amide bonds. The number of halogens is 2. The van der Waals surface area contributed by atoms with E-state index in [9.17, 15) is 0 Å². The molecular formula is C10H15BrClN3. The predicted molar refractivity (Wildman–Crippen MR) is 67.3 cm³/mol. The standard InChI is InChI=1S/C10H14BrN3.ClH/c11-10-2-1-8(6-14-10)5-13-9-3-4-12-7-9;/h1-2,6,9,12-13H,3-5,7H2;1H/t9-;/m0./s1. The van der Waals surface area contributed by atoms with Gasteiger partial charge in [0.1, 0.15) is 4.60 Å². The van der Waals surface area contributed by atoms with Crippen molar-refractivity contribution in [2.24, 2.45) is 0 Å². The van der Waals surface area contributed by atoms with Crippen molar-refractivity contribution in [3.05, 3.63) is 28.5 Å². The number of nitrogens with one attached hydrogen (secondary N) is 2. The molecule has 3 nitrogen and oxygen atoms in total. The highest BCUT2D eigenvalue weighted by Crippen LogP contribution is 2.06. The third-order valence-corrected chi connectivity index (χ3v) is 2.91. The van der Waals surface area contributed by atoms with Crippen LogP contribution in [0.1, 0.15) is 12.0 Å². The molecule has 1 aromatic heterocycles. The third kappa shape index (κ3) is 4.07. The van der Waals surface area contributed by atoms with E-state index in [0.717, 1.165) is 24.2 Å². The number of hydrogen-bond donors (Lipinski definition) is 2. The second-order valence-electron chi connectivity index (χ2n) is 3.56. The van der Waals surface area contributed by atoms with Crippen molar-refractivity contribution in [2.45, 2.75) is 19.0 Å². The van der Waals surface area contributed by atoms with Gasteiger partial charge in [-0.1, -0.05) is 6.07 Å². The van der Waals surface area contributed by atoms with Crippen LogP contribution in [0.2, 0.25) is 0 Å². The maximum Gasteiger partial charge on any atom is 0.106 e. The summed E-state index contributed by atoms with van der Waals surface area (Å²) in [5.74, 6) is 0. The van der Waals surface area contributed by atoms with Gasteiger partial charge in [0.25, 0.3) is 0 Å². The van der Waals surface area contributed by atoms with Crippen LogP contribution in [-0.2, 0) is 6.54 Å². The molecule has 0 bridgehead atoms. The fourth-order valence-corrected chi connectivity index (χ4v) is 1.84. The smallest absolute Gasteiger partial charge is 0.106 e. The number of nitrogens with zero attached hydrogens (tertiary/aromatic N) is 1. The van der Waals surface area contributed by atoms with Crippen LogP contribution in [0.25, 0.3) is 0 Å². The molecule has 2 heterocycles. The molecule has 1 aliphatic heterocycles. The van der Waals surface area contributed by atoms with Crippen molar-refractivity contribution >= 4 is 28.3 Å². The van der Waals surface area contributed by atoms with Gasteiger partial charge in [0.05, 0.1) is 0 Å². The van der Waals surface area contributed by atoms with E-state index in [2.05, 4.69) is 37.6 Å². The Hall–Kier alpha value is -0.160. The summed E-state index contributed by atoms with van der Waals surface area (Å²) in [6.45, 7) is 3.13. The quantitative estimate of drug-likeness (QED) is 0.833. The van der Waals surface area contributed by atoms with E-state index < -0.39 is 0 Å². The first-order valence-corrected chi connectivity index (χ1v) is 5.68. The minimum absolute atomic E-state index is 0. The van der Waals surface area contributed by atoms with E-state index in [0.29, 0.717) is 6.04 Å². The normalized spacial score (nSPS) is 19.9. The molecule has 5 heteroatoms. The molecular weight excluding hydrogens is 277 g/mol. The van der Waals surface area contributed by atoms with Gasteiger partial charge < -0.3 is 10.6 Å². The molecule has 0 unspecified atom stereocenters. The molecule has 1 aliphatic rings. The van der Waals surface area contributed by atoms with Crippen molar-refractivity contribution in [2.75, 3.05) is 13.1 Å². The largest absolute Gasteiger partial charge is 0.315 e. The van der Waals surface area contributed by atoms with Gasteiger partial charge in [-0.2, -0.15) is 0 Å². The zero-order valence-electron chi connectivity index (χ0n) is 8.37. The highest BCUT2D eigenvalue weighted by Gasteiger charge is 2.12. The van der Waals surface area contributed by atoms with E-state index in [1.165, 1.54) is 12.0 Å². The fourth-order valence-electron chi connectivity index (χ4n) is 1.60. The first-order chi connectivity index (χ1) is 6.84. The summed E-state index contributed by atoms with van der Waals surface area (Å²) in [5, 5.41) is 6.83. The molecule has 0 aliphatic carbocycles. The first-order valence-electron chi connectivity index (χ1n) is 4.89. The third-order valence-electron chi connectivity index (χ3n) is 2.44. The van der Waals surface area contributed by atoms with Crippen molar-refractivity contribution in [3.8, 4) is 0 Å². The summed E-state index contributed by atoms with van der Waals surface area (Å²) in [5.41, 5.74) is 1.24. The zero-order chi connectivity index (χ0) is 9.80. The molecule has 1 fully saturated rings. The second kappa shape index (κ2) is 6.43. The van der Waals surface area contributed by atoms with Crippen LogP contribution >= 0.6 is 28.3 Å². The highest BCUT2D eigenvalue weighted by molar-refractivity contribution is 9.10. The Morgan fingerprint density at radius 3 is 3.00 bits per heavy atom. The lowest BCUT2D eigenvalue weighted by Gasteiger charge is -2.10. The van der Waals surface area contributed by atoms with Crippen molar-refractivity contribution in [1.82, 2.24) is 15.6 Å². The summed E-state index contributed by atoms with van der Waals surface area (Å²) in [7, 11) is 0. The van der Waals surface area contributed by atoms with Crippen LogP contribution in [0, 0.1) is 0 Å². The van der Waals surface area contributed by atoms with Gasteiger partial charge in [-0.15, -0.1) is 12.4 Å². The van der Waals surface area contributed by atoms with Crippen LogP contribution < -0.4 is 10.6 Å². The van der Waals surface area contributed by atoms with Crippen molar-refractivity contribution in [3.63, 3.8) is 0 Å². The first kappa shape index (κ1) is 12.9. The molecule has 1 atom stereocenters. The number of aromatic nitrogens is 1. The van der Waals surface area contributed by atoms with E-state index in [1.54, 1.807) is 0 Å². The molecule has 15 heavy (non-hydrogen) atoms. The number of pyridine rings is 1. The molecule has 0 radical (unpaired) electrons. The number of hydrogen-bond acceptors (Lipinski definition) is 3. The maximum absolute atomic E-state index is 4.19. The van der Waals surface area contributed by atoms with E-state index >= 15 is 0 Å². The second-order valence-corrected chi connectivity index (χ2v) is 4.37. The molecule has 2 rings (SSSR count). The van der Waals surface area contributed by atoms with Crippen LogP contribution in [-0.4, -0.2) is 24.1 Å². The Morgan fingerprint density at radius 1 is 1.53 bits per heavy atom. The minimum atomic E-state index is 0. The van der Waals surface area contributed by atoms with Gasteiger partial charge in [0, 0.05) is 25.3 Å². The average Bonchev–Trinajstić information content (AvgIpc) is 2.70. The summed E-state index contributed by atoms with van der Waals surface area (Å²) in [6, 6.07) is 4.69. The Morgan fingerprint density at radius 2 is 2.40 bits per heavy atom. The van der Waals surface area contributed by atoms with Gasteiger partial charge in [-0.05, 0) is 40.5 Å². The predicted octanol–water partition coefficient (Wildman–Crippen LogP) is 1.72. The van der Waals surface area contributed by atoms with Crippen molar-refractivity contribution < 1.29 is 0 Å². The lowest BCUT2D eigenvalue weighted by atomic mass is 10.2. The average molecular weight is 293 g/mol. The Labute approximate surface area is 105 Å². The fraction of sp³-hybridized carbons (Fsp3) is 0.500. The van der Waals surface area contributed by atoms with Gasteiger partial charge in [0.2, 0.25) is 0 Å². The Bertz CT molecular complexity index is 285. The monoisotopic (exact) mass is 291 g/mol. The molecule has 0 saturated carbocycles. The van der Waals surface area contributed by atoms with E-state index in [4.69, 9.17) is 0 Å². The molecule has 0 aromatic carbocycles. The minimum Gasteiger partial charge on any atom is -0.315 e. The molecule has 2 N–H and O–H groups in total. The summed E-state index contributed by atoms with van der Waals surface area (Å²) < 4.78 is 0.892. The zero-order valence-corrected chi connectivity index (χ0v) is 10.8. The van der Waals surface area contributed by atoms with E-state index in [-0.39, 0.29) is 12.4 Å². The van der Waals surface area contributed by atoms with Gasteiger partial charge in [-0.25, -0.2) is 4.98 Å². The molecule has 1 saturated heterocycles. The SMILES string of the molecule is Brc1ccc(CN[C@H]2CCNC2)cn1.Cl. The van der Waals surface area contributed by atoms with Crippen LogP contribution in [0.3, 0.4) is 0 Å². The Kier molecular flexibility index (Phi) is 5.53. The summed E-state index contributed by atoms with van der Waals surface area (Å²) in [4.78, 5) is 4.19. The van der Waals surface area contributed by atoms with Crippen LogP contribution in [0.5, 0.6) is 0 Å². The molecule has 1 aromatic rings. The summed E-state index contributed by atoms with van der Waals surface area (Å²) in [6.07, 6.45) is 3.13. The maximum atomic E-state index is 4.19. The van der Waals surface area contributed by atoms with Crippen LogP contribution in [0.15, 0.2) is 22.9 Å². The van der Waals surface area contributed by atoms with Crippen molar-refractivity contribution in [1.29, 1.82) is 0 Å². The van der Waals surface area contributed by atoms with Crippen LogP contribution in [0.4, 0.5) is 0 Å². The lowest BCUT2D eigenvalue weighted by Crippen LogP contribution is -2.30. The van der Waals surface area contributed by atoms with Gasteiger partial charge in [0.15, 0.2) is 0 Å². The van der Waals surface area contributed by atoms with Gasteiger partial charge >= 0.3 is 0 Å². The lowest BCUT2D eigenvalue weighted by molar-refractivity contribution is 0.546. The topological polar surface area (TPSA) is 37.0 Å². The Balaban J connectivity index is 0.00000112. The highest BCUT2D eigenvalue weighted by atomic mass is 79.9. The molecule has 84 valence electrons. The number of rotatable bonds is 3. The molecule has 0 spiro atoms. The van der Waals surface area contributed by atoms with Gasteiger partial charge in [-0.3, -0.25) is 0 Å². The summed E-state index contributed by atoms with van der Waals surface area (Å²) >= 11 is 3.32. The van der Waals surface area contributed by atoms with E-state index in [1.807, 2.05) is 12.3 Å².